The van der Waals surface area contributed by atoms with Gasteiger partial charge in [-0.1, -0.05) is 18.2 Å². The van der Waals surface area contributed by atoms with Crippen molar-refractivity contribution in [2.24, 2.45) is 0 Å². The minimum Gasteiger partial charge on any atom is -0.312 e. The van der Waals surface area contributed by atoms with Gasteiger partial charge in [0.1, 0.15) is 0 Å². The monoisotopic (exact) mass is 336 g/mol. The van der Waals surface area contributed by atoms with Crippen molar-refractivity contribution < 1.29 is 14.5 Å². The third kappa shape index (κ3) is 3.80. The molecule has 3 rings (SSSR count). The molecule has 0 radical (unpaired) electrons. The van der Waals surface area contributed by atoms with Crippen LogP contribution >= 0.6 is 0 Å². The molecule has 1 saturated heterocycles. The van der Waals surface area contributed by atoms with Crippen LogP contribution in [0, 0.1) is 10.1 Å². The van der Waals surface area contributed by atoms with Crippen LogP contribution in [-0.4, -0.2) is 23.2 Å². The number of nitro groups is 1. The molecule has 1 amide bonds. The highest BCUT2D eigenvalue weighted by molar-refractivity contribution is 6.08. The Hall–Kier alpha value is -3.28. The average molecular weight is 336 g/mol. The van der Waals surface area contributed by atoms with Gasteiger partial charge >= 0.3 is 0 Å². The van der Waals surface area contributed by atoms with Gasteiger partial charge in [-0.3, -0.25) is 19.7 Å². The van der Waals surface area contributed by atoms with Crippen molar-refractivity contribution in [3.05, 3.63) is 75.8 Å². The number of hydrogen-bond donors (Lipinski definition) is 0. The first-order chi connectivity index (χ1) is 12.0. The molecule has 25 heavy (non-hydrogen) atoms. The molecule has 0 spiro atoms. The van der Waals surface area contributed by atoms with E-state index in [-0.39, 0.29) is 17.4 Å². The second kappa shape index (κ2) is 7.09. The standard InChI is InChI=1S/C19H16N2O4/c22-18(11-8-14-6-9-16(10-7-14)21(24)25)15-3-1-4-17(13-15)20-12-2-5-19(20)23/h1,3-4,6-11,13H,2,5,12H2. The molecule has 1 fully saturated rings. The van der Waals surface area contributed by atoms with Gasteiger partial charge in [0.05, 0.1) is 4.92 Å². The van der Waals surface area contributed by atoms with Crippen LogP contribution in [0.15, 0.2) is 54.6 Å². The predicted octanol–water partition coefficient (Wildman–Crippen LogP) is 3.62. The van der Waals surface area contributed by atoms with Crippen LogP contribution in [-0.2, 0) is 4.79 Å². The van der Waals surface area contributed by atoms with Crippen molar-refractivity contribution in [1.82, 2.24) is 0 Å². The number of hydrogen-bond acceptors (Lipinski definition) is 4. The van der Waals surface area contributed by atoms with E-state index in [1.54, 1.807) is 41.3 Å². The van der Waals surface area contributed by atoms with Gasteiger partial charge < -0.3 is 4.90 Å². The second-order valence-electron chi connectivity index (χ2n) is 5.75. The lowest BCUT2D eigenvalue weighted by Crippen LogP contribution is -2.23. The maximum absolute atomic E-state index is 12.3. The van der Waals surface area contributed by atoms with E-state index in [1.807, 2.05) is 6.07 Å². The Bertz CT molecular complexity index is 856. The number of benzene rings is 2. The Labute approximate surface area is 144 Å². The van der Waals surface area contributed by atoms with Crippen molar-refractivity contribution >= 4 is 29.1 Å². The fourth-order valence-electron chi connectivity index (χ4n) is 2.72. The number of non-ortho nitro benzene ring substituents is 1. The number of nitro benzene ring substituents is 1. The minimum absolute atomic E-state index is 0.00598. The van der Waals surface area contributed by atoms with E-state index in [4.69, 9.17) is 0 Å². The highest BCUT2D eigenvalue weighted by atomic mass is 16.6. The number of rotatable bonds is 5. The lowest BCUT2D eigenvalue weighted by molar-refractivity contribution is -0.384. The van der Waals surface area contributed by atoms with Crippen LogP contribution in [0.2, 0.25) is 0 Å². The Morgan fingerprint density at radius 2 is 1.92 bits per heavy atom. The van der Waals surface area contributed by atoms with E-state index < -0.39 is 4.92 Å². The third-order valence-electron chi connectivity index (χ3n) is 4.05. The van der Waals surface area contributed by atoms with Crippen molar-refractivity contribution in [2.75, 3.05) is 11.4 Å². The smallest absolute Gasteiger partial charge is 0.269 e. The summed E-state index contributed by atoms with van der Waals surface area (Å²) in [6.07, 6.45) is 4.40. The zero-order valence-corrected chi connectivity index (χ0v) is 13.4. The molecule has 6 nitrogen and oxygen atoms in total. The minimum atomic E-state index is -0.468. The zero-order valence-electron chi connectivity index (χ0n) is 13.4. The molecule has 0 aliphatic carbocycles. The van der Waals surface area contributed by atoms with E-state index in [2.05, 4.69) is 0 Å². The molecule has 0 bridgehead atoms. The Balaban J connectivity index is 1.74. The fraction of sp³-hybridized carbons (Fsp3) is 0.158. The first-order valence-electron chi connectivity index (χ1n) is 7.92. The number of carbonyl (C=O) groups excluding carboxylic acids is 2. The lowest BCUT2D eigenvalue weighted by Gasteiger charge is -2.16. The molecule has 0 N–H and O–H groups in total. The van der Waals surface area contributed by atoms with Crippen LogP contribution in [0.1, 0.15) is 28.8 Å². The number of anilines is 1. The van der Waals surface area contributed by atoms with Gasteiger partial charge in [-0.25, -0.2) is 0 Å². The summed E-state index contributed by atoms with van der Waals surface area (Å²) < 4.78 is 0. The van der Waals surface area contributed by atoms with Crippen molar-refractivity contribution in [1.29, 1.82) is 0 Å². The van der Waals surface area contributed by atoms with E-state index in [0.29, 0.717) is 24.1 Å². The molecule has 0 aromatic heterocycles. The van der Waals surface area contributed by atoms with Crippen LogP contribution in [0.4, 0.5) is 11.4 Å². The molecule has 126 valence electrons. The number of carbonyl (C=O) groups is 2. The summed E-state index contributed by atoms with van der Waals surface area (Å²) in [4.78, 5) is 36.0. The van der Waals surface area contributed by atoms with E-state index in [9.17, 15) is 19.7 Å². The number of amides is 1. The highest BCUT2D eigenvalue weighted by Crippen LogP contribution is 2.22. The molecule has 6 heteroatoms. The predicted molar refractivity (Wildman–Crippen MR) is 94.5 cm³/mol. The molecular formula is C19H16N2O4. The number of nitrogens with zero attached hydrogens (tertiary/aromatic N) is 2. The largest absolute Gasteiger partial charge is 0.312 e. The van der Waals surface area contributed by atoms with Crippen molar-refractivity contribution in [3.8, 4) is 0 Å². The lowest BCUT2D eigenvalue weighted by atomic mass is 10.1. The van der Waals surface area contributed by atoms with Crippen LogP contribution < -0.4 is 4.90 Å². The molecule has 0 atom stereocenters. The van der Waals surface area contributed by atoms with Gasteiger partial charge in [-0.05, 0) is 42.3 Å². The molecule has 1 aliphatic rings. The van der Waals surface area contributed by atoms with E-state index in [1.165, 1.54) is 18.2 Å². The first kappa shape index (κ1) is 16.6. The Kier molecular flexibility index (Phi) is 4.70. The van der Waals surface area contributed by atoms with E-state index in [0.717, 1.165) is 12.1 Å². The van der Waals surface area contributed by atoms with Gasteiger partial charge in [-0.15, -0.1) is 0 Å². The van der Waals surface area contributed by atoms with Gasteiger partial charge in [0, 0.05) is 36.3 Å². The molecule has 0 saturated carbocycles. The summed E-state index contributed by atoms with van der Waals surface area (Å²) >= 11 is 0. The van der Waals surface area contributed by atoms with Gasteiger partial charge in [0.2, 0.25) is 5.91 Å². The summed E-state index contributed by atoms with van der Waals surface area (Å²) in [5, 5.41) is 10.6. The maximum atomic E-state index is 12.3. The average Bonchev–Trinajstić information content (AvgIpc) is 3.06. The number of allylic oxidation sites excluding steroid dienone is 1. The molecule has 0 unspecified atom stereocenters. The molecule has 2 aromatic rings. The summed E-state index contributed by atoms with van der Waals surface area (Å²) in [7, 11) is 0. The maximum Gasteiger partial charge on any atom is 0.269 e. The Morgan fingerprint density at radius 1 is 1.16 bits per heavy atom. The second-order valence-corrected chi connectivity index (χ2v) is 5.75. The first-order valence-corrected chi connectivity index (χ1v) is 7.92. The van der Waals surface area contributed by atoms with Crippen LogP contribution in [0.25, 0.3) is 6.08 Å². The number of ketones is 1. The SMILES string of the molecule is O=C(C=Cc1ccc([N+](=O)[O-])cc1)c1cccc(N2CCCC2=O)c1. The molecule has 2 aromatic carbocycles. The summed E-state index contributed by atoms with van der Waals surface area (Å²) in [6, 6.07) is 12.9. The van der Waals surface area contributed by atoms with Gasteiger partial charge in [0.15, 0.2) is 5.78 Å². The normalized spacial score (nSPS) is 14.2. The van der Waals surface area contributed by atoms with Crippen LogP contribution in [0.3, 0.4) is 0 Å². The summed E-state index contributed by atoms with van der Waals surface area (Å²) in [6.45, 7) is 0.676. The van der Waals surface area contributed by atoms with Crippen molar-refractivity contribution in [3.63, 3.8) is 0 Å². The van der Waals surface area contributed by atoms with Gasteiger partial charge in [-0.2, -0.15) is 0 Å². The highest BCUT2D eigenvalue weighted by Gasteiger charge is 2.22. The molecule has 1 aliphatic heterocycles. The van der Waals surface area contributed by atoms with Crippen molar-refractivity contribution in [2.45, 2.75) is 12.8 Å². The van der Waals surface area contributed by atoms with Gasteiger partial charge in [0.25, 0.3) is 5.69 Å². The van der Waals surface area contributed by atoms with E-state index >= 15 is 0 Å². The quantitative estimate of drug-likeness (QED) is 0.361. The third-order valence-corrected chi connectivity index (χ3v) is 4.05. The fourth-order valence-corrected chi connectivity index (χ4v) is 2.72. The summed E-state index contributed by atoms with van der Waals surface area (Å²) in [5.74, 6) is -0.113. The zero-order chi connectivity index (χ0) is 17.8. The topological polar surface area (TPSA) is 80.5 Å². The summed E-state index contributed by atoms with van der Waals surface area (Å²) in [5.41, 5.74) is 1.93. The van der Waals surface area contributed by atoms with Crippen LogP contribution in [0.5, 0.6) is 0 Å². The molecular weight excluding hydrogens is 320 g/mol. The Morgan fingerprint density at radius 3 is 2.56 bits per heavy atom. The molecule has 1 heterocycles.